The van der Waals surface area contributed by atoms with Gasteiger partial charge in [-0.25, -0.2) is 4.39 Å². The van der Waals surface area contributed by atoms with Crippen molar-refractivity contribution in [2.75, 3.05) is 26.4 Å². The summed E-state index contributed by atoms with van der Waals surface area (Å²) in [4.78, 5) is 2.49. The van der Waals surface area contributed by atoms with Crippen molar-refractivity contribution in [2.24, 2.45) is 0 Å². The molecular weight excluding hydrogens is 451 g/mol. The summed E-state index contributed by atoms with van der Waals surface area (Å²) < 4.78 is 25.4. The molecule has 0 unspecified atom stereocenters. The van der Waals surface area contributed by atoms with Gasteiger partial charge in [-0.15, -0.1) is 0 Å². The number of nitriles is 1. The van der Waals surface area contributed by atoms with Gasteiger partial charge in [0.05, 0.1) is 5.56 Å². The predicted octanol–water partition coefficient (Wildman–Crippen LogP) is 6.63. The molecule has 1 saturated heterocycles. The Morgan fingerprint density at radius 3 is 2.44 bits per heavy atom. The Morgan fingerprint density at radius 2 is 1.67 bits per heavy atom. The minimum Gasteiger partial charge on any atom is -0.490 e. The van der Waals surface area contributed by atoms with E-state index in [9.17, 15) is 9.65 Å². The van der Waals surface area contributed by atoms with Gasteiger partial charge in [0.1, 0.15) is 37.5 Å². The fraction of sp³-hybridized carbons (Fsp3) is 0.387. The number of hydrogen-bond acceptors (Lipinski definition) is 4. The monoisotopic (exact) mass is 484 g/mol. The van der Waals surface area contributed by atoms with E-state index in [-0.39, 0.29) is 6.61 Å². The molecule has 1 aliphatic carbocycles. The molecule has 2 aliphatic rings. The standard InChI is InChI=1S/C31H33FN2O2/c32-15-18-35-31-19-30(27-14-8-13-26(27)29(31)21-34-16-5-2-6-17-34)36-22-24-11-7-12-25(28(24)20-33)23-9-3-1-4-10-23/h1,3-4,7,9-12,19H,2,5-6,8,13-18,21-22H2. The maximum absolute atomic E-state index is 13.1. The third-order valence-corrected chi connectivity index (χ3v) is 7.33. The predicted molar refractivity (Wildman–Crippen MR) is 140 cm³/mol. The van der Waals surface area contributed by atoms with E-state index in [1.807, 2.05) is 54.6 Å². The zero-order valence-corrected chi connectivity index (χ0v) is 20.8. The zero-order chi connectivity index (χ0) is 24.7. The molecule has 0 radical (unpaired) electrons. The van der Waals surface area contributed by atoms with Crippen LogP contribution in [0.15, 0.2) is 54.6 Å². The van der Waals surface area contributed by atoms with E-state index in [1.165, 1.54) is 36.0 Å². The summed E-state index contributed by atoms with van der Waals surface area (Å²) >= 11 is 0. The molecule has 3 aromatic rings. The lowest BCUT2D eigenvalue weighted by molar-refractivity contribution is 0.212. The van der Waals surface area contributed by atoms with Gasteiger partial charge < -0.3 is 9.47 Å². The average molecular weight is 485 g/mol. The molecule has 0 atom stereocenters. The van der Waals surface area contributed by atoms with Crippen LogP contribution in [0.2, 0.25) is 0 Å². The third-order valence-electron chi connectivity index (χ3n) is 7.33. The summed E-state index contributed by atoms with van der Waals surface area (Å²) in [6, 6.07) is 20.2. The Bertz CT molecular complexity index is 1230. The summed E-state index contributed by atoms with van der Waals surface area (Å²) in [5, 5.41) is 9.98. The normalized spacial score (nSPS) is 15.3. The van der Waals surface area contributed by atoms with Crippen molar-refractivity contribution < 1.29 is 13.9 Å². The number of fused-ring (bicyclic) bond motifs is 1. The van der Waals surface area contributed by atoms with Gasteiger partial charge in [-0.05, 0) is 67.4 Å². The highest BCUT2D eigenvalue weighted by molar-refractivity contribution is 5.72. The number of ether oxygens (including phenoxy) is 2. The van der Waals surface area contributed by atoms with Crippen LogP contribution in [0.25, 0.3) is 11.1 Å². The largest absolute Gasteiger partial charge is 0.490 e. The lowest BCUT2D eigenvalue weighted by atomic mass is 9.96. The Hall–Kier alpha value is -3.36. The van der Waals surface area contributed by atoms with Crippen molar-refractivity contribution in [2.45, 2.75) is 51.7 Å². The highest BCUT2D eigenvalue weighted by Gasteiger charge is 2.26. The summed E-state index contributed by atoms with van der Waals surface area (Å²) in [6.45, 7) is 2.87. The van der Waals surface area contributed by atoms with E-state index in [2.05, 4.69) is 11.0 Å². The van der Waals surface area contributed by atoms with Crippen LogP contribution >= 0.6 is 0 Å². The molecule has 1 heterocycles. The lowest BCUT2D eigenvalue weighted by Crippen LogP contribution is -2.29. The number of alkyl halides is 1. The maximum atomic E-state index is 13.1. The second kappa shape index (κ2) is 11.6. The molecule has 4 nitrogen and oxygen atoms in total. The smallest absolute Gasteiger partial charge is 0.127 e. The van der Waals surface area contributed by atoms with Gasteiger partial charge in [0.25, 0.3) is 0 Å². The minimum atomic E-state index is -0.520. The van der Waals surface area contributed by atoms with Crippen LogP contribution < -0.4 is 9.47 Å². The van der Waals surface area contributed by atoms with Crippen LogP contribution in [-0.2, 0) is 26.0 Å². The van der Waals surface area contributed by atoms with Gasteiger partial charge in [0.2, 0.25) is 0 Å². The van der Waals surface area contributed by atoms with Crippen molar-refractivity contribution in [3.05, 3.63) is 82.4 Å². The van der Waals surface area contributed by atoms with Gasteiger partial charge in [-0.3, -0.25) is 4.90 Å². The Kier molecular flexibility index (Phi) is 7.83. The molecule has 0 spiro atoms. The Morgan fingerprint density at radius 1 is 0.861 bits per heavy atom. The van der Waals surface area contributed by atoms with Crippen LogP contribution in [0.1, 0.15) is 53.5 Å². The van der Waals surface area contributed by atoms with Crippen LogP contribution in [-0.4, -0.2) is 31.3 Å². The first-order valence-electron chi connectivity index (χ1n) is 13.1. The second-order valence-corrected chi connectivity index (χ2v) is 9.64. The van der Waals surface area contributed by atoms with Gasteiger partial charge in [0.15, 0.2) is 0 Å². The van der Waals surface area contributed by atoms with E-state index in [1.54, 1.807) is 0 Å². The molecule has 186 valence electrons. The van der Waals surface area contributed by atoms with E-state index >= 15 is 0 Å². The lowest BCUT2D eigenvalue weighted by Gasteiger charge is -2.29. The number of benzene rings is 3. The summed E-state index contributed by atoms with van der Waals surface area (Å²) in [7, 11) is 0. The number of hydrogen-bond donors (Lipinski definition) is 0. The highest BCUT2D eigenvalue weighted by Crippen LogP contribution is 2.40. The van der Waals surface area contributed by atoms with E-state index in [0.29, 0.717) is 12.2 Å². The number of likely N-dealkylation sites (tertiary alicyclic amines) is 1. The van der Waals surface area contributed by atoms with Gasteiger partial charge in [0, 0.05) is 23.7 Å². The molecule has 5 heteroatoms. The van der Waals surface area contributed by atoms with Crippen molar-refractivity contribution in [1.82, 2.24) is 4.90 Å². The fourth-order valence-corrected chi connectivity index (χ4v) is 5.58. The molecule has 0 saturated carbocycles. The molecular formula is C31H33FN2O2. The fourth-order valence-electron chi connectivity index (χ4n) is 5.58. The molecule has 36 heavy (non-hydrogen) atoms. The first-order chi connectivity index (χ1) is 17.8. The molecule has 5 rings (SSSR count). The quantitative estimate of drug-likeness (QED) is 0.342. The highest BCUT2D eigenvalue weighted by atomic mass is 19.1. The molecule has 3 aromatic carbocycles. The van der Waals surface area contributed by atoms with Crippen LogP contribution in [0.3, 0.4) is 0 Å². The summed E-state index contributed by atoms with van der Waals surface area (Å²) in [5.41, 5.74) is 7.17. The molecule has 1 fully saturated rings. The summed E-state index contributed by atoms with van der Waals surface area (Å²) in [5.74, 6) is 1.54. The van der Waals surface area contributed by atoms with Crippen LogP contribution in [0, 0.1) is 11.3 Å². The first-order valence-corrected chi connectivity index (χ1v) is 13.1. The Labute approximate surface area is 213 Å². The molecule has 0 N–H and O–H groups in total. The topological polar surface area (TPSA) is 45.5 Å². The minimum absolute atomic E-state index is 0.0446. The van der Waals surface area contributed by atoms with E-state index in [4.69, 9.17) is 9.47 Å². The van der Waals surface area contributed by atoms with Crippen LogP contribution in [0.5, 0.6) is 11.5 Å². The Balaban J connectivity index is 1.44. The SMILES string of the molecule is N#Cc1c(COc2cc(OCCF)c(CN3CCCCC3)c3c2CCC3)cccc1-c1ccccc1. The maximum Gasteiger partial charge on any atom is 0.127 e. The molecule has 1 aliphatic heterocycles. The molecule has 0 bridgehead atoms. The average Bonchev–Trinajstić information content (AvgIpc) is 3.43. The second-order valence-electron chi connectivity index (χ2n) is 9.64. The molecule has 0 aromatic heterocycles. The van der Waals surface area contributed by atoms with Crippen molar-refractivity contribution in [1.29, 1.82) is 5.26 Å². The third kappa shape index (κ3) is 5.24. The van der Waals surface area contributed by atoms with Crippen molar-refractivity contribution in [3.63, 3.8) is 0 Å². The van der Waals surface area contributed by atoms with Gasteiger partial charge >= 0.3 is 0 Å². The number of nitrogens with zero attached hydrogens (tertiary/aromatic N) is 2. The number of halogens is 1. The summed E-state index contributed by atoms with van der Waals surface area (Å²) in [6.07, 6.45) is 6.80. The van der Waals surface area contributed by atoms with E-state index in [0.717, 1.165) is 67.1 Å². The van der Waals surface area contributed by atoms with Crippen molar-refractivity contribution >= 4 is 0 Å². The first kappa shape index (κ1) is 24.3. The van der Waals surface area contributed by atoms with Crippen molar-refractivity contribution in [3.8, 4) is 28.7 Å². The van der Waals surface area contributed by atoms with Gasteiger partial charge in [-0.1, -0.05) is 55.0 Å². The van der Waals surface area contributed by atoms with Crippen LogP contribution in [0.4, 0.5) is 4.39 Å². The van der Waals surface area contributed by atoms with E-state index < -0.39 is 6.67 Å². The number of rotatable bonds is 9. The molecule has 0 amide bonds. The number of piperidine rings is 1. The zero-order valence-electron chi connectivity index (χ0n) is 20.8. The van der Waals surface area contributed by atoms with Gasteiger partial charge in [-0.2, -0.15) is 5.26 Å².